The second kappa shape index (κ2) is 6.78. The molecule has 1 fully saturated rings. The maximum absolute atomic E-state index is 11.5. The maximum atomic E-state index is 11.5. The van der Waals surface area contributed by atoms with Gasteiger partial charge in [0.25, 0.3) is 0 Å². The minimum atomic E-state index is -5.31. The second-order valence-corrected chi connectivity index (χ2v) is 8.84. The molecule has 22 heavy (non-hydrogen) atoms. The molecule has 0 aliphatic heterocycles. The number of aliphatic carboxylic acids is 2. The van der Waals surface area contributed by atoms with E-state index in [0.29, 0.717) is 12.8 Å². The third-order valence-electron chi connectivity index (χ3n) is 3.90. The minimum Gasteiger partial charge on any atom is -0.481 e. The van der Waals surface area contributed by atoms with Crippen LogP contribution in [0.15, 0.2) is 0 Å². The fraction of sp³-hybridized carbons (Fsp3) is 0.800. The van der Waals surface area contributed by atoms with Crippen LogP contribution in [0.4, 0.5) is 0 Å². The molecule has 0 radical (unpaired) electrons. The SMILES string of the molecule is O=C(O)C(C(C1CCCC1)C(C(=O)O)P(=O)(O)O)P(=O)(O)O. The van der Waals surface area contributed by atoms with E-state index in [1.807, 2.05) is 0 Å². The summed E-state index contributed by atoms with van der Waals surface area (Å²) >= 11 is 0. The van der Waals surface area contributed by atoms with Crippen LogP contribution in [0.5, 0.6) is 0 Å². The highest BCUT2D eigenvalue weighted by Crippen LogP contribution is 2.57. The molecule has 0 aromatic carbocycles. The van der Waals surface area contributed by atoms with E-state index in [0.717, 1.165) is 0 Å². The van der Waals surface area contributed by atoms with Gasteiger partial charge in [-0.1, -0.05) is 25.7 Å². The zero-order valence-electron chi connectivity index (χ0n) is 11.3. The third kappa shape index (κ3) is 4.38. The number of carboxylic acid groups (broad SMARTS) is 2. The molecule has 1 saturated carbocycles. The average molecular weight is 360 g/mol. The van der Waals surface area contributed by atoms with E-state index in [-0.39, 0.29) is 12.8 Å². The molecule has 10 nitrogen and oxygen atoms in total. The molecule has 0 heterocycles. The van der Waals surface area contributed by atoms with Gasteiger partial charge in [-0.05, 0) is 5.92 Å². The van der Waals surface area contributed by atoms with Gasteiger partial charge in [0.05, 0.1) is 0 Å². The second-order valence-electron chi connectivity index (χ2n) is 5.37. The van der Waals surface area contributed by atoms with E-state index in [1.165, 1.54) is 0 Å². The van der Waals surface area contributed by atoms with Gasteiger partial charge in [-0.2, -0.15) is 0 Å². The highest BCUT2D eigenvalue weighted by atomic mass is 31.2. The molecule has 0 saturated heterocycles. The number of carboxylic acids is 2. The van der Waals surface area contributed by atoms with Gasteiger partial charge in [0.15, 0.2) is 11.3 Å². The molecule has 1 rings (SSSR count). The summed E-state index contributed by atoms with van der Waals surface area (Å²) in [5, 5.41) is 18.2. The van der Waals surface area contributed by atoms with Crippen molar-refractivity contribution in [1.82, 2.24) is 0 Å². The Labute approximate surface area is 125 Å². The van der Waals surface area contributed by atoms with Gasteiger partial charge < -0.3 is 29.8 Å². The molecule has 1 aliphatic carbocycles. The predicted molar refractivity (Wildman–Crippen MR) is 72.4 cm³/mol. The Morgan fingerprint density at radius 3 is 1.36 bits per heavy atom. The van der Waals surface area contributed by atoms with Crippen molar-refractivity contribution in [3.63, 3.8) is 0 Å². The standard InChI is InChI=1S/C10H18O10P2/c11-9(12)7(21(15,16)17)6(5-3-1-2-4-5)8(10(13)14)22(18,19)20/h5-8H,1-4H2,(H,11,12)(H,13,14)(H2,15,16,17)(H2,18,19,20). The molecule has 12 heteroatoms. The van der Waals surface area contributed by atoms with E-state index in [2.05, 4.69) is 0 Å². The highest BCUT2D eigenvalue weighted by molar-refractivity contribution is 7.55. The van der Waals surface area contributed by atoms with E-state index in [9.17, 15) is 38.3 Å². The van der Waals surface area contributed by atoms with Crippen LogP contribution in [-0.2, 0) is 18.7 Å². The first kappa shape index (κ1) is 19.3. The van der Waals surface area contributed by atoms with Crippen molar-refractivity contribution in [3.8, 4) is 0 Å². The molecule has 0 aromatic rings. The molecule has 0 bridgehead atoms. The van der Waals surface area contributed by atoms with Crippen molar-refractivity contribution >= 4 is 27.1 Å². The molecule has 0 spiro atoms. The molecule has 0 amide bonds. The summed E-state index contributed by atoms with van der Waals surface area (Å²) in [6, 6.07) is 0. The molecule has 1 aliphatic rings. The smallest absolute Gasteiger partial charge is 0.340 e. The van der Waals surface area contributed by atoms with E-state index < -0.39 is 50.3 Å². The molecule has 128 valence electrons. The molecule has 2 atom stereocenters. The van der Waals surface area contributed by atoms with Crippen LogP contribution in [0.2, 0.25) is 0 Å². The first-order valence-corrected chi connectivity index (χ1v) is 9.79. The summed E-state index contributed by atoms with van der Waals surface area (Å²) in [6.07, 6.45) is 1.67. The summed E-state index contributed by atoms with van der Waals surface area (Å²) in [7, 11) is -10.6. The van der Waals surface area contributed by atoms with Gasteiger partial charge in [-0.15, -0.1) is 0 Å². The van der Waals surface area contributed by atoms with Crippen LogP contribution in [0.1, 0.15) is 25.7 Å². The molecule has 0 aromatic heterocycles. The van der Waals surface area contributed by atoms with Gasteiger partial charge >= 0.3 is 27.1 Å². The van der Waals surface area contributed by atoms with Gasteiger partial charge in [-0.3, -0.25) is 18.7 Å². The zero-order chi connectivity index (χ0) is 17.3. The Balaban J connectivity index is 3.45. The largest absolute Gasteiger partial charge is 0.481 e. The zero-order valence-corrected chi connectivity index (χ0v) is 13.1. The lowest BCUT2D eigenvalue weighted by molar-refractivity contribution is -0.141. The molecular formula is C10H18O10P2. The first-order valence-electron chi connectivity index (χ1n) is 6.43. The quantitative estimate of drug-likeness (QED) is 0.338. The van der Waals surface area contributed by atoms with Crippen molar-refractivity contribution in [1.29, 1.82) is 0 Å². The van der Waals surface area contributed by atoms with E-state index in [1.54, 1.807) is 0 Å². The number of carbonyl (C=O) groups is 2. The fourth-order valence-corrected chi connectivity index (χ4v) is 5.54. The number of hydrogen-bond donors (Lipinski definition) is 6. The van der Waals surface area contributed by atoms with Crippen molar-refractivity contribution in [2.45, 2.75) is 37.0 Å². The highest BCUT2D eigenvalue weighted by Gasteiger charge is 2.56. The van der Waals surface area contributed by atoms with Crippen LogP contribution in [-0.4, -0.2) is 53.0 Å². The van der Waals surface area contributed by atoms with Gasteiger partial charge in [0.1, 0.15) is 0 Å². The van der Waals surface area contributed by atoms with Crippen LogP contribution in [0.25, 0.3) is 0 Å². The van der Waals surface area contributed by atoms with Gasteiger partial charge in [0, 0.05) is 5.92 Å². The van der Waals surface area contributed by atoms with Crippen molar-refractivity contribution in [2.75, 3.05) is 0 Å². The van der Waals surface area contributed by atoms with Crippen molar-refractivity contribution < 1.29 is 48.5 Å². The Hall–Kier alpha value is -0.760. The number of hydrogen-bond acceptors (Lipinski definition) is 4. The lowest BCUT2D eigenvalue weighted by Crippen LogP contribution is -2.44. The molecular weight excluding hydrogens is 342 g/mol. The summed E-state index contributed by atoms with van der Waals surface area (Å²) < 4.78 is 23.0. The topological polar surface area (TPSA) is 190 Å². The van der Waals surface area contributed by atoms with Crippen molar-refractivity contribution in [3.05, 3.63) is 0 Å². The third-order valence-corrected chi connectivity index (χ3v) is 6.48. The van der Waals surface area contributed by atoms with Crippen LogP contribution in [0, 0.1) is 11.8 Å². The van der Waals surface area contributed by atoms with E-state index in [4.69, 9.17) is 10.2 Å². The predicted octanol–water partition coefficient (Wildman–Crippen LogP) is 0.0546. The average Bonchev–Trinajstić information content (AvgIpc) is 2.75. The van der Waals surface area contributed by atoms with Gasteiger partial charge in [-0.25, -0.2) is 0 Å². The fourth-order valence-electron chi connectivity index (χ4n) is 3.10. The summed E-state index contributed by atoms with van der Waals surface area (Å²) in [4.78, 5) is 59.6. The van der Waals surface area contributed by atoms with Gasteiger partial charge in [0.2, 0.25) is 0 Å². The normalized spacial score (nSPS) is 21.3. The maximum Gasteiger partial charge on any atom is 0.340 e. The lowest BCUT2D eigenvalue weighted by Gasteiger charge is -2.33. The molecule has 6 N–H and O–H groups in total. The van der Waals surface area contributed by atoms with E-state index >= 15 is 0 Å². The molecule has 2 unspecified atom stereocenters. The lowest BCUT2D eigenvalue weighted by atomic mass is 9.84. The minimum absolute atomic E-state index is 0.262. The van der Waals surface area contributed by atoms with Crippen LogP contribution in [0.3, 0.4) is 0 Å². The monoisotopic (exact) mass is 360 g/mol. The number of rotatable bonds is 7. The Bertz CT molecular complexity index is 488. The summed E-state index contributed by atoms with van der Waals surface area (Å²) in [5.41, 5.74) is -4.94. The summed E-state index contributed by atoms with van der Waals surface area (Å²) in [6.45, 7) is 0. The summed E-state index contributed by atoms with van der Waals surface area (Å²) in [5.74, 6) is -6.57. The van der Waals surface area contributed by atoms with Crippen LogP contribution >= 0.6 is 15.2 Å². The Kier molecular flexibility index (Phi) is 5.94. The van der Waals surface area contributed by atoms with Crippen LogP contribution < -0.4 is 0 Å². The first-order chi connectivity index (χ1) is 9.87. The Morgan fingerprint density at radius 1 is 0.818 bits per heavy atom. The Morgan fingerprint density at radius 2 is 1.14 bits per heavy atom. The van der Waals surface area contributed by atoms with Crippen molar-refractivity contribution in [2.24, 2.45) is 11.8 Å².